The van der Waals surface area contributed by atoms with Gasteiger partial charge in [0.25, 0.3) is 0 Å². The van der Waals surface area contributed by atoms with Gasteiger partial charge in [0.2, 0.25) is 0 Å². The Morgan fingerprint density at radius 1 is 0.623 bits per heavy atom. The number of nitrogens with zero attached hydrogens (tertiary/aromatic N) is 3. The number of phenolic OH excluding ortho intramolecular Hbond substituents is 1. The van der Waals surface area contributed by atoms with Gasteiger partial charge in [-0.1, -0.05) is 199 Å². The van der Waals surface area contributed by atoms with E-state index in [0.717, 1.165) is 11.8 Å². The van der Waals surface area contributed by atoms with Gasteiger partial charge in [-0.3, -0.25) is 9.55 Å². The van der Waals surface area contributed by atoms with Crippen molar-refractivity contribution < 1.29 is 60.4 Å². The van der Waals surface area contributed by atoms with Crippen molar-refractivity contribution in [3.8, 4) is 67.5 Å². The van der Waals surface area contributed by atoms with Crippen LogP contribution >= 0.6 is 0 Å². The van der Waals surface area contributed by atoms with E-state index in [4.69, 9.17) is 36.5 Å². The standard InChI is InChI=1S/C64H72N3O.Pt/c1-40-39-65-54(37-50(40)43-27-25-41(26-28-43)38-60(2,3)4)45-31-44(32-47(33-45)62(8,9)10)49-23-20-24-56-57(49)66-59(52-35-48(63(11,12)13)36-53(58(52)68)64(14,15)16)67(56)55-30-29-46(61(5,6)7)34-51(55)42-21-18-17-19-22-42;/h17-30,32-37,39,68H,38H2,1-16H3;/q-1;/i1D3,11D3,12D3,13D3,14D3,15D3,16D3,27D,28D,38D2;. The van der Waals surface area contributed by atoms with Crippen molar-refractivity contribution in [3.63, 3.8) is 0 Å². The fourth-order valence-electron chi connectivity index (χ4n) is 8.23. The fourth-order valence-corrected chi connectivity index (χ4v) is 8.23. The van der Waals surface area contributed by atoms with Crippen LogP contribution in [0.3, 0.4) is 0 Å². The van der Waals surface area contributed by atoms with Crippen molar-refractivity contribution in [2.24, 2.45) is 5.41 Å². The van der Waals surface area contributed by atoms with Crippen LogP contribution in [0.1, 0.15) is 171 Å². The number of aryl methyl sites for hydroxylation is 1. The average molecular weight is 1120 g/mol. The van der Waals surface area contributed by atoms with Crippen LogP contribution in [-0.2, 0) is 49.1 Å². The number of aromatic nitrogens is 3. The molecule has 0 bridgehead atoms. The van der Waals surface area contributed by atoms with Crippen LogP contribution in [0.5, 0.6) is 5.75 Å². The molecule has 1 N–H and O–H groups in total. The summed E-state index contributed by atoms with van der Waals surface area (Å²) in [5.41, 5.74) is -11.0. The van der Waals surface area contributed by atoms with E-state index < -0.39 is 110 Å². The molecule has 0 aliphatic heterocycles. The number of rotatable bonds is 7. The first-order valence-electron chi connectivity index (χ1n) is 34.8. The molecule has 2 heterocycles. The third kappa shape index (κ3) is 10.8. The Labute approximate surface area is 463 Å². The van der Waals surface area contributed by atoms with Gasteiger partial charge in [0.05, 0.1) is 25.0 Å². The molecule has 0 saturated carbocycles. The van der Waals surface area contributed by atoms with Crippen molar-refractivity contribution in [1.82, 2.24) is 14.5 Å². The van der Waals surface area contributed by atoms with E-state index in [9.17, 15) is 7.85 Å². The van der Waals surface area contributed by atoms with Gasteiger partial charge in [-0.15, -0.1) is 29.3 Å². The molecule has 0 atom stereocenters. The predicted molar refractivity (Wildman–Crippen MR) is 289 cm³/mol. The molecule has 4 nitrogen and oxygen atoms in total. The summed E-state index contributed by atoms with van der Waals surface area (Å²) in [6.07, 6.45) is -0.899. The summed E-state index contributed by atoms with van der Waals surface area (Å²) in [4.78, 5) is 9.80. The maximum absolute atomic E-state index is 13.2. The van der Waals surface area contributed by atoms with Gasteiger partial charge in [-0.2, -0.15) is 0 Å². The molecule has 8 aromatic rings. The third-order valence-electron chi connectivity index (χ3n) is 11.8. The smallest absolute Gasteiger partial charge is 0.148 e. The second kappa shape index (κ2) is 18.6. The van der Waals surface area contributed by atoms with Crippen molar-refractivity contribution in [2.45, 2.75) is 138 Å². The van der Waals surface area contributed by atoms with Crippen molar-refractivity contribution in [1.29, 1.82) is 0 Å². The predicted octanol–water partition coefficient (Wildman–Crippen LogP) is 17.3. The van der Waals surface area contributed by atoms with E-state index in [2.05, 4.69) is 11.1 Å². The summed E-state index contributed by atoms with van der Waals surface area (Å²) in [6.45, 7) is -11.2. The Morgan fingerprint density at radius 3 is 1.91 bits per heavy atom. The van der Waals surface area contributed by atoms with Gasteiger partial charge in [-0.25, -0.2) is 4.98 Å². The Hall–Kier alpha value is -5.57. The van der Waals surface area contributed by atoms with E-state index in [1.54, 1.807) is 93.6 Å². The molecule has 360 valence electrons. The molecule has 0 fully saturated rings. The van der Waals surface area contributed by atoms with Gasteiger partial charge in [0, 0.05) is 75.6 Å². The van der Waals surface area contributed by atoms with E-state index in [1.165, 1.54) is 22.8 Å². The third-order valence-corrected chi connectivity index (χ3v) is 11.8. The van der Waals surface area contributed by atoms with Crippen LogP contribution in [-0.4, -0.2) is 19.6 Å². The summed E-state index contributed by atoms with van der Waals surface area (Å²) in [5, 5.41) is 13.2. The molecule has 0 radical (unpaired) electrons. The Kier molecular flexibility index (Phi) is 7.49. The fraction of sp³-hybridized carbons (Fsp3) is 0.344. The number of hydrogen-bond acceptors (Lipinski definition) is 3. The number of phenols is 1. The quantitative estimate of drug-likeness (QED) is 0.162. The monoisotopic (exact) mass is 1120 g/mol. The molecule has 0 saturated heterocycles. The van der Waals surface area contributed by atoms with Crippen LogP contribution in [0.4, 0.5) is 0 Å². The van der Waals surface area contributed by atoms with Crippen LogP contribution in [0, 0.1) is 18.3 Å². The summed E-state index contributed by atoms with van der Waals surface area (Å²) >= 11 is 0. The zero-order chi connectivity index (χ0) is 70.3. The van der Waals surface area contributed by atoms with Gasteiger partial charge < -0.3 is 5.11 Å². The summed E-state index contributed by atoms with van der Waals surface area (Å²) < 4.78 is 222. The minimum Gasteiger partial charge on any atom is -0.507 e. The molecule has 8 rings (SSSR count). The van der Waals surface area contributed by atoms with Crippen LogP contribution in [0.15, 0.2) is 127 Å². The molecule has 5 heteroatoms. The van der Waals surface area contributed by atoms with Crippen molar-refractivity contribution in [2.75, 3.05) is 0 Å². The topological polar surface area (TPSA) is 50.9 Å². The van der Waals surface area contributed by atoms with Crippen LogP contribution in [0.2, 0.25) is 0 Å². The molecule has 0 aliphatic carbocycles. The summed E-state index contributed by atoms with van der Waals surface area (Å²) in [5.74, 6) is -1.97. The number of fused-ring (bicyclic) bond motifs is 1. The molecule has 0 unspecified atom stereocenters. The second-order valence-corrected chi connectivity index (χ2v) is 20.6. The maximum atomic E-state index is 13.2. The first-order chi connectivity index (χ1) is 42.0. The number of imidazole rings is 1. The Morgan fingerprint density at radius 2 is 1.28 bits per heavy atom. The van der Waals surface area contributed by atoms with E-state index >= 15 is 0 Å². The Bertz CT molecular complexity index is 4090. The number of aromatic hydroxyl groups is 1. The number of pyridine rings is 1. The number of benzene rings is 6. The second-order valence-electron chi connectivity index (χ2n) is 20.6. The van der Waals surface area contributed by atoms with Gasteiger partial charge >= 0.3 is 0 Å². The molecule has 6 aromatic carbocycles. The molecule has 69 heavy (non-hydrogen) atoms. The van der Waals surface area contributed by atoms with Crippen LogP contribution in [0.25, 0.3) is 72.7 Å². The zero-order valence-corrected chi connectivity index (χ0v) is 42.3. The molecule has 0 aliphatic rings. The molecular weight excluding hydrogens is 1020 g/mol. The SMILES string of the molecule is [2H]c1cc(C([2H])([2H])C(C)(C)C)cc([2H])c1-c1cc(-c2[c-]c(-c3cccc4c3nc(-c3cc(C(C([2H])([2H])[2H])(C([2H])([2H])[2H])C([2H])([2H])[2H])cc(C(C([2H])([2H])[2H])(C([2H])([2H])[2H])C([2H])([2H])[2H])c3O)n4-c3ccc(C(C)(C)C)cc3-c3ccccc3)cc(C(C)(C)C)c2)ncc1C([2H])([2H])[2H].[Pt]. The Balaban J connectivity index is 0.0000125. The summed E-state index contributed by atoms with van der Waals surface area (Å²) in [6, 6.07) is 30.2. The normalized spacial score (nSPS) is 19.5. The zero-order valence-electron chi connectivity index (χ0n) is 65.1. The molecule has 0 spiro atoms. The average Bonchev–Trinajstić information content (AvgIpc) is 0.792. The van der Waals surface area contributed by atoms with Gasteiger partial charge in [0.15, 0.2) is 0 Å². The van der Waals surface area contributed by atoms with E-state index in [0.29, 0.717) is 22.8 Å². The first-order valence-corrected chi connectivity index (χ1v) is 22.3. The number of hydrogen-bond donors (Lipinski definition) is 1. The first kappa shape index (κ1) is 27.7. The van der Waals surface area contributed by atoms with E-state index in [1.807, 2.05) is 47.6 Å². The largest absolute Gasteiger partial charge is 0.507 e. The van der Waals surface area contributed by atoms with E-state index in [-0.39, 0.29) is 101 Å². The van der Waals surface area contributed by atoms with Gasteiger partial charge in [0.1, 0.15) is 11.6 Å². The number of para-hydroxylation sites is 1. The molecule has 2 aromatic heterocycles. The maximum Gasteiger partial charge on any atom is 0.148 e. The van der Waals surface area contributed by atoms with Crippen molar-refractivity contribution >= 4 is 11.0 Å². The minimum absolute atomic E-state index is 0. The summed E-state index contributed by atoms with van der Waals surface area (Å²) in [7, 11) is 0. The van der Waals surface area contributed by atoms with Crippen molar-refractivity contribution in [3.05, 3.63) is 167 Å². The van der Waals surface area contributed by atoms with Crippen LogP contribution < -0.4 is 0 Å². The minimum atomic E-state index is -4.22. The molecular formula is C64H72N3OPt-. The van der Waals surface area contributed by atoms with Gasteiger partial charge in [-0.05, 0) is 104 Å². The molecule has 0 amide bonds.